The highest BCUT2D eigenvalue weighted by Gasteiger charge is 2.16. The molecular formula is C31H23N3OS. The third-order valence-corrected chi connectivity index (χ3v) is 7.31. The minimum Gasteiger partial charge on any atom is -0.298 e. The van der Waals surface area contributed by atoms with Gasteiger partial charge in [-0.25, -0.2) is 9.97 Å². The molecule has 0 saturated carbocycles. The first-order valence-corrected chi connectivity index (χ1v) is 12.7. The Morgan fingerprint density at radius 1 is 0.750 bits per heavy atom. The van der Waals surface area contributed by atoms with Crippen LogP contribution in [0.25, 0.3) is 44.2 Å². The second-order valence-corrected chi connectivity index (χ2v) is 9.75. The normalized spacial score (nSPS) is 11.2. The summed E-state index contributed by atoms with van der Waals surface area (Å²) in [6.07, 6.45) is 0. The number of thiazole rings is 1. The Morgan fingerprint density at radius 3 is 2.39 bits per heavy atom. The fourth-order valence-electron chi connectivity index (χ4n) is 4.48. The predicted molar refractivity (Wildman–Crippen MR) is 150 cm³/mol. The number of benzene rings is 4. The van der Waals surface area contributed by atoms with Gasteiger partial charge in [-0.1, -0.05) is 72.8 Å². The van der Waals surface area contributed by atoms with Gasteiger partial charge in [0.1, 0.15) is 0 Å². The van der Waals surface area contributed by atoms with Crippen molar-refractivity contribution < 1.29 is 4.79 Å². The smallest absolute Gasteiger partial charge is 0.258 e. The van der Waals surface area contributed by atoms with Crippen molar-refractivity contribution in [2.45, 2.75) is 13.8 Å². The zero-order valence-electron chi connectivity index (χ0n) is 19.9. The summed E-state index contributed by atoms with van der Waals surface area (Å²) < 4.78 is 0. The maximum atomic E-state index is 13.5. The van der Waals surface area contributed by atoms with Gasteiger partial charge in [-0.15, -0.1) is 11.3 Å². The van der Waals surface area contributed by atoms with Gasteiger partial charge in [0.2, 0.25) is 0 Å². The second-order valence-electron chi connectivity index (χ2n) is 8.89. The van der Waals surface area contributed by atoms with Crippen LogP contribution in [0.3, 0.4) is 0 Å². The third-order valence-electron chi connectivity index (χ3n) is 6.55. The highest BCUT2D eigenvalue weighted by Crippen LogP contribution is 2.32. The van der Waals surface area contributed by atoms with E-state index in [0.717, 1.165) is 44.2 Å². The summed E-state index contributed by atoms with van der Waals surface area (Å²) in [6, 6.07) is 30.3. The van der Waals surface area contributed by atoms with E-state index >= 15 is 0 Å². The molecule has 174 valence electrons. The molecule has 4 nitrogen and oxygen atoms in total. The number of nitrogens with one attached hydrogen (secondary N) is 1. The monoisotopic (exact) mass is 485 g/mol. The van der Waals surface area contributed by atoms with Crippen LogP contribution in [-0.4, -0.2) is 15.9 Å². The highest BCUT2D eigenvalue weighted by molar-refractivity contribution is 7.14. The Balaban J connectivity index is 1.37. The van der Waals surface area contributed by atoms with Crippen molar-refractivity contribution in [2.75, 3.05) is 5.32 Å². The Bertz CT molecular complexity index is 1760. The lowest BCUT2D eigenvalue weighted by molar-refractivity contribution is 0.102. The summed E-state index contributed by atoms with van der Waals surface area (Å²) in [6.45, 7) is 4.18. The molecule has 0 bridgehead atoms. The number of anilines is 1. The van der Waals surface area contributed by atoms with Crippen molar-refractivity contribution in [3.05, 3.63) is 113 Å². The van der Waals surface area contributed by atoms with Crippen molar-refractivity contribution in [1.82, 2.24) is 9.97 Å². The number of aromatic nitrogens is 2. The molecule has 0 aliphatic carbocycles. The van der Waals surface area contributed by atoms with E-state index < -0.39 is 0 Å². The number of aryl methyl sites for hydroxylation is 2. The lowest BCUT2D eigenvalue weighted by atomic mass is 10.0. The van der Waals surface area contributed by atoms with Gasteiger partial charge in [0.25, 0.3) is 5.91 Å². The molecule has 0 unspecified atom stereocenters. The molecule has 1 amide bonds. The molecule has 0 saturated heterocycles. The van der Waals surface area contributed by atoms with Crippen LogP contribution in [0.5, 0.6) is 0 Å². The Hall–Kier alpha value is -4.35. The van der Waals surface area contributed by atoms with Crippen LogP contribution >= 0.6 is 11.3 Å². The van der Waals surface area contributed by atoms with Crippen LogP contribution in [-0.2, 0) is 0 Å². The number of carbonyl (C=O) groups is 1. The van der Waals surface area contributed by atoms with Gasteiger partial charge in [-0.2, -0.15) is 0 Å². The van der Waals surface area contributed by atoms with Gasteiger partial charge in [-0.3, -0.25) is 10.1 Å². The number of fused-ring (bicyclic) bond motifs is 2. The van der Waals surface area contributed by atoms with E-state index in [1.165, 1.54) is 22.5 Å². The van der Waals surface area contributed by atoms with Crippen LogP contribution < -0.4 is 5.32 Å². The zero-order valence-corrected chi connectivity index (χ0v) is 20.8. The zero-order chi connectivity index (χ0) is 24.6. The van der Waals surface area contributed by atoms with Crippen LogP contribution in [0.15, 0.2) is 96.4 Å². The van der Waals surface area contributed by atoms with E-state index in [0.29, 0.717) is 10.7 Å². The van der Waals surface area contributed by atoms with Gasteiger partial charge >= 0.3 is 0 Å². The third kappa shape index (κ3) is 4.04. The number of pyridine rings is 1. The van der Waals surface area contributed by atoms with E-state index in [2.05, 4.69) is 61.6 Å². The number of hydrogen-bond donors (Lipinski definition) is 1. The molecule has 4 aromatic carbocycles. The first-order chi connectivity index (χ1) is 17.6. The number of amides is 1. The molecule has 1 N–H and O–H groups in total. The SMILES string of the molecule is Cc1ccc(-c2cc(C(=O)Nc3nc(-c4cccc5ccccc45)cs3)c3ccccc3n2)cc1C. The van der Waals surface area contributed by atoms with E-state index in [1.54, 1.807) is 0 Å². The minimum atomic E-state index is -0.197. The van der Waals surface area contributed by atoms with Gasteiger partial charge in [0.05, 0.1) is 22.5 Å². The van der Waals surface area contributed by atoms with E-state index in [-0.39, 0.29) is 5.91 Å². The molecule has 0 radical (unpaired) electrons. The average Bonchev–Trinajstić information content (AvgIpc) is 3.37. The predicted octanol–water partition coefficient (Wildman–Crippen LogP) is 8.05. The topological polar surface area (TPSA) is 54.9 Å². The molecule has 2 heterocycles. The summed E-state index contributed by atoms with van der Waals surface area (Å²) in [5.41, 5.74) is 7.45. The van der Waals surface area contributed by atoms with Crippen LogP contribution in [0.2, 0.25) is 0 Å². The number of hydrogen-bond acceptors (Lipinski definition) is 4. The standard InChI is InChI=1S/C31H23N3OS/c1-19-14-15-22(16-20(19)2)28-17-26(25-11-5-6-13-27(25)32-28)30(35)34-31-33-29(18-36-31)24-12-7-9-21-8-3-4-10-23(21)24/h3-18H,1-2H3,(H,33,34,35). The molecule has 2 aromatic heterocycles. The van der Waals surface area contributed by atoms with Crippen LogP contribution in [0, 0.1) is 13.8 Å². The fourth-order valence-corrected chi connectivity index (χ4v) is 5.19. The molecule has 5 heteroatoms. The Morgan fingerprint density at radius 2 is 1.53 bits per heavy atom. The lowest BCUT2D eigenvalue weighted by Gasteiger charge is -2.11. The molecule has 0 spiro atoms. The Kier molecular flexibility index (Phi) is 5.55. The summed E-state index contributed by atoms with van der Waals surface area (Å²) in [4.78, 5) is 23.1. The molecular weight excluding hydrogens is 462 g/mol. The number of rotatable bonds is 4. The van der Waals surface area contributed by atoms with E-state index in [4.69, 9.17) is 9.97 Å². The van der Waals surface area contributed by atoms with Crippen molar-refractivity contribution in [3.8, 4) is 22.5 Å². The molecule has 36 heavy (non-hydrogen) atoms. The summed E-state index contributed by atoms with van der Waals surface area (Å²) >= 11 is 1.43. The molecule has 6 rings (SSSR count). The molecule has 0 aliphatic heterocycles. The summed E-state index contributed by atoms with van der Waals surface area (Å²) in [5.74, 6) is -0.197. The first kappa shape index (κ1) is 22.1. The van der Waals surface area contributed by atoms with E-state index in [1.807, 2.05) is 53.9 Å². The van der Waals surface area contributed by atoms with Gasteiger partial charge < -0.3 is 0 Å². The van der Waals surface area contributed by atoms with Gasteiger partial charge in [0, 0.05) is 21.9 Å². The first-order valence-electron chi connectivity index (χ1n) is 11.8. The van der Waals surface area contributed by atoms with Crippen molar-refractivity contribution in [2.24, 2.45) is 0 Å². The molecule has 6 aromatic rings. The highest BCUT2D eigenvalue weighted by atomic mass is 32.1. The second kappa shape index (κ2) is 9.02. The maximum absolute atomic E-state index is 13.5. The molecule has 0 aliphatic rings. The quantitative estimate of drug-likeness (QED) is 0.275. The van der Waals surface area contributed by atoms with Crippen LogP contribution in [0.4, 0.5) is 5.13 Å². The van der Waals surface area contributed by atoms with Crippen LogP contribution in [0.1, 0.15) is 21.5 Å². The summed E-state index contributed by atoms with van der Waals surface area (Å²) in [7, 11) is 0. The van der Waals surface area contributed by atoms with Crippen molar-refractivity contribution in [1.29, 1.82) is 0 Å². The fraction of sp³-hybridized carbons (Fsp3) is 0.0645. The Labute approximate surface area is 213 Å². The van der Waals surface area contributed by atoms with Gasteiger partial charge in [-0.05, 0) is 53.9 Å². The average molecular weight is 486 g/mol. The number of para-hydroxylation sites is 1. The summed E-state index contributed by atoms with van der Waals surface area (Å²) in [5, 5.41) is 8.70. The number of nitrogens with zero attached hydrogens (tertiary/aromatic N) is 2. The maximum Gasteiger partial charge on any atom is 0.258 e. The molecule has 0 atom stereocenters. The number of carbonyl (C=O) groups excluding carboxylic acids is 1. The molecule has 0 fully saturated rings. The lowest BCUT2D eigenvalue weighted by Crippen LogP contribution is -2.13. The largest absolute Gasteiger partial charge is 0.298 e. The minimum absolute atomic E-state index is 0.197. The van der Waals surface area contributed by atoms with Crippen molar-refractivity contribution >= 4 is 44.1 Å². The van der Waals surface area contributed by atoms with Gasteiger partial charge in [0.15, 0.2) is 5.13 Å². The van der Waals surface area contributed by atoms with Crippen molar-refractivity contribution in [3.63, 3.8) is 0 Å². The van der Waals surface area contributed by atoms with E-state index in [9.17, 15) is 4.79 Å².